The van der Waals surface area contributed by atoms with Crippen LogP contribution in [0, 0.1) is 0 Å². The number of aliphatic imine (C=N–C) groups is 2. The number of aliphatic hydroxyl groups excluding tert-OH is 1. The van der Waals surface area contributed by atoms with Gasteiger partial charge in [-0.15, -0.1) is 0 Å². The van der Waals surface area contributed by atoms with Crippen molar-refractivity contribution in [3.05, 3.63) is 89.5 Å². The molecule has 0 saturated carbocycles. The molecule has 13 heteroatoms. The molecule has 228 valence electrons. The van der Waals surface area contributed by atoms with E-state index in [1.165, 1.54) is 4.90 Å². The molecule has 0 aromatic heterocycles. The van der Waals surface area contributed by atoms with Crippen LogP contribution in [0.3, 0.4) is 0 Å². The zero-order valence-corrected chi connectivity index (χ0v) is 24.1. The summed E-state index contributed by atoms with van der Waals surface area (Å²) in [6.45, 7) is -0.0773. The minimum absolute atomic E-state index is 0.0644. The van der Waals surface area contributed by atoms with Crippen LogP contribution in [0.15, 0.2) is 82.8 Å². The average Bonchev–Trinajstić information content (AvgIpc) is 3.76. The summed E-state index contributed by atoms with van der Waals surface area (Å²) in [4.78, 5) is 53.5. The number of fused-ring (bicyclic) bond motifs is 3. The van der Waals surface area contributed by atoms with Crippen LogP contribution in [-0.4, -0.2) is 94.2 Å². The van der Waals surface area contributed by atoms with Crippen molar-refractivity contribution in [1.82, 2.24) is 20.4 Å². The Morgan fingerprint density at radius 3 is 2.58 bits per heavy atom. The molecule has 4 heterocycles. The number of hydrogen-bond donors (Lipinski definition) is 5. The lowest BCUT2D eigenvalue weighted by Gasteiger charge is -2.46. The Morgan fingerprint density at radius 2 is 1.76 bits per heavy atom. The lowest BCUT2D eigenvalue weighted by molar-refractivity contribution is -0.125. The van der Waals surface area contributed by atoms with Crippen LogP contribution in [0.2, 0.25) is 0 Å². The van der Waals surface area contributed by atoms with Crippen LogP contribution in [-0.2, 0) is 11.2 Å². The number of benzene rings is 3. The van der Waals surface area contributed by atoms with Crippen LogP contribution in [0.4, 0.5) is 10.5 Å². The first-order valence-electron chi connectivity index (χ1n) is 14.8. The molecule has 5 atom stereocenters. The summed E-state index contributed by atoms with van der Waals surface area (Å²) >= 11 is 0. The Labute approximate surface area is 258 Å². The molecule has 4 amide bonds. The molecule has 4 aliphatic heterocycles. The standard InChI is InChI=1S/C32H31N9O4/c33-29-37-26-23(14-40-25(42)16-39(31(40)45)18-8-2-1-3-9-18)36-30(34)41-15-24(27(43)32(26,41)38-29)35-28(44)21-12-6-11-20-19-10-5-4-7-17(19)13-22(20)21/h1-12,23-24,26-27,43H,13-16H2,(H2,34,36)(H,35,44)(H3,33,37,38). The molecule has 13 nitrogen and oxygen atoms in total. The lowest BCUT2D eigenvalue weighted by atomic mass is 9.87. The summed E-state index contributed by atoms with van der Waals surface area (Å²) < 4.78 is 0. The molecule has 0 radical (unpaired) electrons. The van der Waals surface area contributed by atoms with Crippen LogP contribution >= 0.6 is 0 Å². The van der Waals surface area contributed by atoms with Gasteiger partial charge in [-0.25, -0.2) is 14.8 Å². The maximum atomic E-state index is 13.8. The second kappa shape index (κ2) is 9.79. The molecule has 8 rings (SSSR count). The van der Waals surface area contributed by atoms with Gasteiger partial charge in [0, 0.05) is 17.8 Å². The SMILES string of the molecule is NC1=NC2C(CN3C(=O)CN(c4ccccc4)C3=O)N=C(N)N3CC(NC(=O)c4cccc5c4Cc4ccccc4-5)C(O)C23N1. The summed E-state index contributed by atoms with van der Waals surface area (Å²) in [5.74, 6) is -0.551. The monoisotopic (exact) mass is 605 g/mol. The number of carbonyl (C=O) groups excluding carboxylic acids is 3. The van der Waals surface area contributed by atoms with Crippen molar-refractivity contribution in [3.63, 3.8) is 0 Å². The summed E-state index contributed by atoms with van der Waals surface area (Å²) in [6, 6.07) is 19.9. The first kappa shape index (κ1) is 27.1. The van der Waals surface area contributed by atoms with Gasteiger partial charge in [-0.05, 0) is 46.9 Å². The van der Waals surface area contributed by atoms with Gasteiger partial charge in [0.05, 0.1) is 18.6 Å². The van der Waals surface area contributed by atoms with E-state index in [2.05, 4.69) is 32.8 Å². The van der Waals surface area contributed by atoms with E-state index in [0.717, 1.165) is 27.2 Å². The molecule has 5 unspecified atom stereocenters. The summed E-state index contributed by atoms with van der Waals surface area (Å²) in [5.41, 5.74) is 16.7. The number of nitrogens with two attached hydrogens (primary N) is 2. The first-order valence-corrected chi connectivity index (χ1v) is 14.8. The fraction of sp³-hybridized carbons (Fsp3) is 0.281. The highest BCUT2D eigenvalue weighted by Gasteiger charge is 2.66. The Bertz CT molecular complexity index is 1830. The summed E-state index contributed by atoms with van der Waals surface area (Å²) in [5, 5.41) is 18.0. The second-order valence-electron chi connectivity index (χ2n) is 12.0. The molecule has 3 aromatic carbocycles. The van der Waals surface area contributed by atoms with Crippen molar-refractivity contribution in [1.29, 1.82) is 0 Å². The first-order chi connectivity index (χ1) is 21.8. The maximum Gasteiger partial charge on any atom is 0.331 e. The number of imide groups is 1. The van der Waals surface area contributed by atoms with Gasteiger partial charge in [-0.3, -0.25) is 19.4 Å². The third kappa shape index (κ3) is 3.93. The summed E-state index contributed by atoms with van der Waals surface area (Å²) in [6.07, 6.45) is -0.573. The number of rotatable bonds is 5. The number of aliphatic hydroxyl groups is 1. The van der Waals surface area contributed by atoms with E-state index in [0.29, 0.717) is 17.7 Å². The number of anilines is 1. The molecule has 3 aromatic rings. The van der Waals surface area contributed by atoms with Crippen molar-refractivity contribution in [2.24, 2.45) is 21.5 Å². The van der Waals surface area contributed by atoms with Gasteiger partial charge in [0.25, 0.3) is 11.8 Å². The second-order valence-corrected chi connectivity index (χ2v) is 12.0. The molecule has 5 aliphatic rings. The lowest BCUT2D eigenvalue weighted by Crippen LogP contribution is -2.73. The highest BCUT2D eigenvalue weighted by Crippen LogP contribution is 2.41. The van der Waals surface area contributed by atoms with Crippen molar-refractivity contribution >= 4 is 35.5 Å². The number of guanidine groups is 2. The van der Waals surface area contributed by atoms with Gasteiger partial charge in [0.2, 0.25) is 0 Å². The van der Waals surface area contributed by atoms with Crippen LogP contribution < -0.4 is 27.0 Å². The Balaban J connectivity index is 1.05. The van der Waals surface area contributed by atoms with E-state index in [1.54, 1.807) is 35.2 Å². The van der Waals surface area contributed by atoms with Crippen LogP contribution in [0.1, 0.15) is 21.5 Å². The van der Waals surface area contributed by atoms with Crippen molar-refractivity contribution in [2.75, 3.05) is 24.5 Å². The minimum Gasteiger partial charge on any atom is -0.386 e. The molecule has 7 N–H and O–H groups in total. The van der Waals surface area contributed by atoms with Gasteiger partial charge >= 0.3 is 6.03 Å². The van der Waals surface area contributed by atoms with Gasteiger partial charge in [0.15, 0.2) is 17.6 Å². The number of amides is 4. The predicted octanol–water partition coefficient (Wildman–Crippen LogP) is 0.181. The van der Waals surface area contributed by atoms with E-state index >= 15 is 0 Å². The zero-order chi connectivity index (χ0) is 31.0. The molecule has 0 bridgehead atoms. The van der Waals surface area contributed by atoms with Crippen molar-refractivity contribution in [3.8, 4) is 11.1 Å². The Hall–Kier alpha value is -5.43. The normalized spacial score (nSPS) is 27.8. The fourth-order valence-corrected chi connectivity index (χ4v) is 7.52. The molecular formula is C32H31N9O4. The zero-order valence-electron chi connectivity index (χ0n) is 24.1. The largest absolute Gasteiger partial charge is 0.386 e. The smallest absolute Gasteiger partial charge is 0.331 e. The predicted molar refractivity (Wildman–Crippen MR) is 166 cm³/mol. The van der Waals surface area contributed by atoms with Crippen molar-refractivity contribution in [2.45, 2.75) is 36.3 Å². The van der Waals surface area contributed by atoms with Gasteiger partial charge < -0.3 is 32.1 Å². The highest BCUT2D eigenvalue weighted by atomic mass is 16.3. The fourth-order valence-electron chi connectivity index (χ4n) is 7.52. The number of nitrogens with zero attached hydrogens (tertiary/aromatic N) is 5. The Kier molecular flexibility index (Phi) is 5.91. The van der Waals surface area contributed by atoms with Gasteiger partial charge in [0.1, 0.15) is 18.7 Å². The van der Waals surface area contributed by atoms with E-state index in [-0.39, 0.29) is 43.4 Å². The van der Waals surface area contributed by atoms with Crippen LogP contribution in [0.25, 0.3) is 11.1 Å². The third-order valence-electron chi connectivity index (χ3n) is 9.56. The molecule has 2 fully saturated rings. The van der Waals surface area contributed by atoms with Gasteiger partial charge in [-0.1, -0.05) is 54.6 Å². The van der Waals surface area contributed by atoms with E-state index in [9.17, 15) is 19.5 Å². The maximum absolute atomic E-state index is 13.8. The summed E-state index contributed by atoms with van der Waals surface area (Å²) in [7, 11) is 0. The number of hydrogen-bond acceptors (Lipinski definition) is 10. The average molecular weight is 606 g/mol. The van der Waals surface area contributed by atoms with Gasteiger partial charge in [-0.2, -0.15) is 0 Å². The topological polar surface area (TPSA) is 182 Å². The molecule has 2 saturated heterocycles. The minimum atomic E-state index is -1.33. The number of carbonyl (C=O) groups is 3. The third-order valence-corrected chi connectivity index (χ3v) is 9.56. The quantitative estimate of drug-likeness (QED) is 0.200. The Morgan fingerprint density at radius 1 is 1.00 bits per heavy atom. The van der Waals surface area contributed by atoms with Crippen LogP contribution in [0.5, 0.6) is 0 Å². The molecular weight excluding hydrogens is 574 g/mol. The number of urea groups is 1. The molecule has 45 heavy (non-hydrogen) atoms. The van der Waals surface area contributed by atoms with E-state index < -0.39 is 35.9 Å². The van der Waals surface area contributed by atoms with E-state index in [4.69, 9.17) is 11.5 Å². The number of nitrogens with one attached hydrogen (secondary N) is 2. The number of para-hydroxylation sites is 1. The molecule has 1 aliphatic carbocycles. The molecule has 1 spiro atoms. The van der Waals surface area contributed by atoms with E-state index in [1.807, 2.05) is 30.3 Å². The van der Waals surface area contributed by atoms with Crippen molar-refractivity contribution < 1.29 is 19.5 Å². The highest BCUT2D eigenvalue weighted by molar-refractivity contribution is 6.12.